The Morgan fingerprint density at radius 2 is 0.843 bits per heavy atom. The van der Waals surface area contributed by atoms with E-state index in [2.05, 4.69) is 31.1 Å². The molecular formula is C56H102N8O6. The van der Waals surface area contributed by atoms with Gasteiger partial charge in [-0.2, -0.15) is 0 Å². The van der Waals surface area contributed by atoms with E-state index in [1.807, 2.05) is 51.3 Å². The molecule has 402 valence electrons. The fourth-order valence-electron chi connectivity index (χ4n) is 11.4. The van der Waals surface area contributed by atoms with E-state index >= 15 is 0 Å². The van der Waals surface area contributed by atoms with Crippen LogP contribution in [0.4, 0.5) is 0 Å². The summed E-state index contributed by atoms with van der Waals surface area (Å²) in [5.41, 5.74) is -0.947. The molecular weight excluding hydrogens is 881 g/mol. The molecule has 0 spiro atoms. The van der Waals surface area contributed by atoms with Crippen LogP contribution in [0.5, 0.6) is 0 Å². The van der Waals surface area contributed by atoms with Crippen LogP contribution in [0.25, 0.3) is 0 Å². The first-order valence-electron chi connectivity index (χ1n) is 28.4. The zero-order valence-corrected chi connectivity index (χ0v) is 46.1. The number of carbonyl (C=O) groups is 6. The Hall–Kier alpha value is -3.26. The minimum Gasteiger partial charge on any atom is -0.342 e. The summed E-state index contributed by atoms with van der Waals surface area (Å²) in [4.78, 5) is 90.6. The zero-order valence-electron chi connectivity index (χ0n) is 46.1. The first kappa shape index (κ1) is 59.3. The van der Waals surface area contributed by atoms with Gasteiger partial charge in [-0.25, -0.2) is 0 Å². The van der Waals surface area contributed by atoms with E-state index in [0.29, 0.717) is 50.9 Å². The van der Waals surface area contributed by atoms with E-state index in [1.165, 1.54) is 64.2 Å². The number of likely N-dealkylation sites (N-methyl/N-ethyl adjacent to an activating group) is 2. The molecule has 4 aliphatic rings. The number of nitrogens with zero attached hydrogens (tertiary/aromatic N) is 4. The van der Waals surface area contributed by atoms with Crippen LogP contribution in [-0.4, -0.2) is 145 Å². The Balaban J connectivity index is 1.29. The highest BCUT2D eigenvalue weighted by Gasteiger charge is 2.42. The van der Waals surface area contributed by atoms with Crippen LogP contribution in [-0.2, 0) is 28.8 Å². The molecule has 0 radical (unpaired) electrons. The SMILES string of the molecule is CN[C@@H](C)C(=O)N[C@H](C(=O)N1CCC[C@@H]1CN(CCC1CCCCC1)C(=O)CCCCCCCCC(=O)N(CCC1CCCCC1)C[C@@H]1CCCN1C(=O)[C@@H](NC(=O)[C@H](C)NC)C(C)(C)C)C(C)(C)C. The van der Waals surface area contributed by atoms with Crippen molar-refractivity contribution in [1.29, 1.82) is 0 Å². The van der Waals surface area contributed by atoms with Gasteiger partial charge >= 0.3 is 0 Å². The summed E-state index contributed by atoms with van der Waals surface area (Å²) in [5, 5.41) is 12.1. The van der Waals surface area contributed by atoms with Gasteiger partial charge in [0.25, 0.3) is 0 Å². The van der Waals surface area contributed by atoms with Gasteiger partial charge in [0.15, 0.2) is 0 Å². The van der Waals surface area contributed by atoms with Crippen molar-refractivity contribution in [2.24, 2.45) is 22.7 Å². The highest BCUT2D eigenvalue weighted by Crippen LogP contribution is 2.31. The summed E-state index contributed by atoms with van der Waals surface area (Å²) >= 11 is 0. The Bertz CT molecular complexity index is 1520. The van der Waals surface area contributed by atoms with E-state index in [0.717, 1.165) is 90.1 Å². The van der Waals surface area contributed by atoms with Gasteiger partial charge in [-0.15, -0.1) is 0 Å². The molecule has 0 bridgehead atoms. The number of rotatable bonds is 27. The fraction of sp³-hybridized carbons (Fsp3) is 0.893. The van der Waals surface area contributed by atoms with Crippen LogP contribution >= 0.6 is 0 Å². The smallest absolute Gasteiger partial charge is 0.246 e. The Labute approximate surface area is 425 Å². The quantitative estimate of drug-likeness (QED) is 0.0603. The van der Waals surface area contributed by atoms with Crippen molar-refractivity contribution < 1.29 is 28.8 Å². The molecule has 0 unspecified atom stereocenters. The minimum absolute atomic E-state index is 0.0552. The minimum atomic E-state index is -0.659. The lowest BCUT2D eigenvalue weighted by Gasteiger charge is -2.38. The van der Waals surface area contributed by atoms with Crippen LogP contribution in [0.3, 0.4) is 0 Å². The molecule has 2 aliphatic carbocycles. The highest BCUT2D eigenvalue weighted by atomic mass is 16.2. The fourth-order valence-corrected chi connectivity index (χ4v) is 11.4. The number of nitrogens with one attached hydrogen (secondary N) is 4. The van der Waals surface area contributed by atoms with Crippen molar-refractivity contribution in [1.82, 2.24) is 40.9 Å². The summed E-state index contributed by atoms with van der Waals surface area (Å²) in [5.74, 6) is 1.17. The monoisotopic (exact) mass is 983 g/mol. The lowest BCUT2D eigenvalue weighted by atomic mass is 9.85. The summed E-state index contributed by atoms with van der Waals surface area (Å²) in [7, 11) is 3.48. The molecule has 2 saturated heterocycles. The largest absolute Gasteiger partial charge is 0.342 e. The predicted molar refractivity (Wildman–Crippen MR) is 282 cm³/mol. The maximum absolute atomic E-state index is 14.2. The lowest BCUT2D eigenvalue weighted by Crippen LogP contribution is -2.59. The number of hydrogen-bond donors (Lipinski definition) is 4. The molecule has 0 aromatic carbocycles. The van der Waals surface area contributed by atoms with Crippen molar-refractivity contribution >= 4 is 35.4 Å². The summed E-state index contributed by atoms with van der Waals surface area (Å²) in [6.45, 7) is 19.4. The standard InChI is InChI=1S/C56H102N8O6/c1-41(57-9)51(67)59-49(55(3,4)5)53(69)63-35-23-29-45(63)39-61(37-33-43-25-17-15-18-26-43)47(65)31-21-13-11-12-14-22-32-48(66)62(38-34-44-27-19-16-20-28-44)40-46-30-24-36-64(46)54(70)50(56(6,7)8)60-52(68)42(2)58-10/h41-46,49-50,57-58H,11-40H2,1-10H3,(H,59,67)(H,60,68)/t41-,42-,45-,46+,49+,50+/m0/s1. The van der Waals surface area contributed by atoms with Crippen LogP contribution in [0.15, 0.2) is 0 Å². The van der Waals surface area contributed by atoms with Crippen molar-refractivity contribution in [3.05, 3.63) is 0 Å². The maximum atomic E-state index is 14.2. The first-order valence-corrected chi connectivity index (χ1v) is 28.4. The molecule has 6 amide bonds. The second-order valence-corrected chi connectivity index (χ2v) is 24.2. The number of carbonyl (C=O) groups excluding carboxylic acids is 6. The van der Waals surface area contributed by atoms with Crippen LogP contribution < -0.4 is 21.3 Å². The molecule has 0 aromatic rings. The Morgan fingerprint density at radius 3 is 1.17 bits per heavy atom. The molecule has 2 heterocycles. The molecule has 6 atom stereocenters. The third-order valence-corrected chi connectivity index (χ3v) is 16.4. The van der Waals surface area contributed by atoms with E-state index < -0.39 is 35.0 Å². The molecule has 4 N–H and O–H groups in total. The molecule has 4 fully saturated rings. The van der Waals surface area contributed by atoms with Gasteiger partial charge in [0.05, 0.1) is 12.1 Å². The highest BCUT2D eigenvalue weighted by molar-refractivity contribution is 5.91. The molecule has 4 rings (SSSR count). The number of unbranched alkanes of at least 4 members (excludes halogenated alkanes) is 5. The summed E-state index contributed by atoms with van der Waals surface area (Å²) in [6, 6.07) is -2.28. The Kier molecular flexibility index (Phi) is 24.9. The van der Waals surface area contributed by atoms with Crippen LogP contribution in [0.1, 0.15) is 209 Å². The first-order chi connectivity index (χ1) is 33.2. The van der Waals surface area contributed by atoms with E-state index in [9.17, 15) is 28.8 Å². The van der Waals surface area contributed by atoms with Gasteiger partial charge in [-0.1, -0.05) is 131 Å². The average Bonchev–Trinajstić information content (AvgIpc) is 4.01. The van der Waals surface area contributed by atoms with Crippen LogP contribution in [0.2, 0.25) is 0 Å². The third-order valence-electron chi connectivity index (χ3n) is 16.4. The van der Waals surface area contributed by atoms with Gasteiger partial charge in [-0.05, 0) is 102 Å². The van der Waals surface area contributed by atoms with E-state index in [-0.39, 0.29) is 47.5 Å². The van der Waals surface area contributed by atoms with E-state index in [1.54, 1.807) is 27.9 Å². The molecule has 14 nitrogen and oxygen atoms in total. The van der Waals surface area contributed by atoms with Crippen LogP contribution in [0, 0.1) is 22.7 Å². The second-order valence-electron chi connectivity index (χ2n) is 24.2. The zero-order chi connectivity index (χ0) is 51.4. The van der Waals surface area contributed by atoms with Crippen molar-refractivity contribution in [2.45, 2.75) is 246 Å². The second kappa shape index (κ2) is 29.4. The predicted octanol–water partition coefficient (Wildman–Crippen LogP) is 7.96. The molecule has 2 aliphatic heterocycles. The van der Waals surface area contributed by atoms with Gasteiger partial charge in [-0.3, -0.25) is 28.8 Å². The van der Waals surface area contributed by atoms with Gasteiger partial charge < -0.3 is 40.9 Å². The molecule has 14 heteroatoms. The van der Waals surface area contributed by atoms with Gasteiger partial charge in [0, 0.05) is 64.2 Å². The van der Waals surface area contributed by atoms with Crippen molar-refractivity contribution in [3.63, 3.8) is 0 Å². The summed E-state index contributed by atoms with van der Waals surface area (Å²) in [6.07, 6.45) is 24.7. The molecule has 2 saturated carbocycles. The summed E-state index contributed by atoms with van der Waals surface area (Å²) < 4.78 is 0. The number of likely N-dealkylation sites (tertiary alicyclic amines) is 2. The maximum Gasteiger partial charge on any atom is 0.246 e. The topological polar surface area (TPSA) is 163 Å². The third kappa shape index (κ3) is 19.0. The normalized spacial score (nSPS) is 21.2. The average molecular weight is 983 g/mol. The number of amides is 6. The van der Waals surface area contributed by atoms with Crippen molar-refractivity contribution in [2.75, 3.05) is 53.4 Å². The van der Waals surface area contributed by atoms with Gasteiger partial charge in [0.2, 0.25) is 35.4 Å². The number of hydrogen-bond acceptors (Lipinski definition) is 8. The Morgan fingerprint density at radius 1 is 0.500 bits per heavy atom. The molecule has 70 heavy (non-hydrogen) atoms. The van der Waals surface area contributed by atoms with Crippen molar-refractivity contribution in [3.8, 4) is 0 Å². The van der Waals surface area contributed by atoms with E-state index in [4.69, 9.17) is 0 Å². The lowest BCUT2D eigenvalue weighted by molar-refractivity contribution is -0.142. The molecule has 0 aromatic heterocycles. The van der Waals surface area contributed by atoms with Gasteiger partial charge in [0.1, 0.15) is 12.1 Å².